The number of cyclic esters (lactones) is 1. The number of allylic oxidation sites excluding steroid dienone is 3. The summed E-state index contributed by atoms with van der Waals surface area (Å²) in [6.45, 7) is 1.47. The highest BCUT2D eigenvalue weighted by atomic mass is 19.1. The number of nitrogens with zero attached hydrogens (tertiary/aromatic N) is 2. The minimum Gasteiger partial charge on any atom is -0.497 e. The van der Waals surface area contributed by atoms with E-state index in [4.69, 9.17) is 9.47 Å². The normalized spacial score (nSPS) is 16.0. The fourth-order valence-corrected chi connectivity index (χ4v) is 3.40. The first-order chi connectivity index (χ1) is 15.9. The van der Waals surface area contributed by atoms with Crippen molar-refractivity contribution in [2.45, 2.75) is 6.92 Å². The Morgan fingerprint density at radius 2 is 1.94 bits per heavy atom. The van der Waals surface area contributed by atoms with Gasteiger partial charge in [-0.05, 0) is 55.5 Å². The van der Waals surface area contributed by atoms with Gasteiger partial charge in [-0.2, -0.15) is 5.10 Å². The molecule has 0 saturated carbocycles. The lowest BCUT2D eigenvalue weighted by atomic mass is 9.95. The largest absolute Gasteiger partial charge is 0.497 e. The quantitative estimate of drug-likeness (QED) is 0.324. The van der Waals surface area contributed by atoms with E-state index in [1.165, 1.54) is 25.1 Å². The Hall–Kier alpha value is -4.33. The van der Waals surface area contributed by atoms with Gasteiger partial charge in [0.1, 0.15) is 23.0 Å². The standard InChI is InChI=1S/C25H19FN2O5/c1-15-12-22(30)23(25(31)33-15)21(29)11-6-17-14-28(19-9-7-18(26)8-10-19)27-24(17)16-4-3-5-20(13-16)32-2/h3-14,23H,1-2H3/b11-6+. The number of hydrogen-bond donors (Lipinski definition) is 0. The number of ether oxygens (including phenoxy) is 2. The zero-order valence-corrected chi connectivity index (χ0v) is 17.8. The third kappa shape index (κ3) is 4.64. The molecular weight excluding hydrogens is 427 g/mol. The molecule has 166 valence electrons. The lowest BCUT2D eigenvalue weighted by Crippen LogP contribution is -2.34. The van der Waals surface area contributed by atoms with E-state index in [0.717, 1.165) is 12.2 Å². The van der Waals surface area contributed by atoms with Crippen molar-refractivity contribution < 1.29 is 28.2 Å². The number of halogens is 1. The van der Waals surface area contributed by atoms with Gasteiger partial charge in [0.05, 0.1) is 12.8 Å². The predicted octanol–water partition coefficient (Wildman–Crippen LogP) is 3.92. The molecule has 7 nitrogen and oxygen atoms in total. The molecule has 0 amide bonds. The molecule has 0 spiro atoms. The summed E-state index contributed by atoms with van der Waals surface area (Å²) < 4.78 is 25.1. The molecule has 0 N–H and O–H groups in total. The summed E-state index contributed by atoms with van der Waals surface area (Å²) in [6.07, 6.45) is 5.44. The smallest absolute Gasteiger partial charge is 0.329 e. The number of aromatic nitrogens is 2. The van der Waals surface area contributed by atoms with Gasteiger partial charge in [-0.3, -0.25) is 14.4 Å². The van der Waals surface area contributed by atoms with Crippen LogP contribution in [0.3, 0.4) is 0 Å². The number of rotatable bonds is 6. The second-order valence-corrected chi connectivity index (χ2v) is 7.33. The van der Waals surface area contributed by atoms with Crippen LogP contribution in [0.2, 0.25) is 0 Å². The van der Waals surface area contributed by atoms with Crippen molar-refractivity contribution in [3.8, 4) is 22.7 Å². The Kier molecular flexibility index (Phi) is 5.99. The average Bonchev–Trinajstić information content (AvgIpc) is 3.22. The molecule has 8 heteroatoms. The summed E-state index contributed by atoms with van der Waals surface area (Å²) in [5.74, 6) is -3.35. The first-order valence-corrected chi connectivity index (χ1v) is 10.0. The Morgan fingerprint density at radius 1 is 1.18 bits per heavy atom. The van der Waals surface area contributed by atoms with Crippen LogP contribution < -0.4 is 4.74 Å². The van der Waals surface area contributed by atoms with Gasteiger partial charge in [-0.25, -0.2) is 9.07 Å². The SMILES string of the molecule is COc1cccc(-c2nn(-c3ccc(F)cc3)cc2/C=C/C(=O)C2C(=O)C=C(C)OC2=O)c1. The molecule has 33 heavy (non-hydrogen) atoms. The van der Waals surface area contributed by atoms with E-state index in [9.17, 15) is 18.8 Å². The summed E-state index contributed by atoms with van der Waals surface area (Å²) >= 11 is 0. The summed E-state index contributed by atoms with van der Waals surface area (Å²) in [6, 6.07) is 13.0. The minimum absolute atomic E-state index is 0.152. The van der Waals surface area contributed by atoms with Crippen molar-refractivity contribution in [3.05, 3.63) is 84.0 Å². The summed E-state index contributed by atoms with van der Waals surface area (Å²) in [4.78, 5) is 36.8. The number of benzene rings is 2. The lowest BCUT2D eigenvalue weighted by Gasteiger charge is -2.15. The molecule has 1 unspecified atom stereocenters. The zero-order valence-electron chi connectivity index (χ0n) is 17.8. The van der Waals surface area contributed by atoms with Crippen LogP contribution in [0.5, 0.6) is 5.75 Å². The Balaban J connectivity index is 1.73. The van der Waals surface area contributed by atoms with Gasteiger partial charge in [0, 0.05) is 23.4 Å². The van der Waals surface area contributed by atoms with Gasteiger partial charge in [0.25, 0.3) is 0 Å². The molecule has 0 saturated heterocycles. The fourth-order valence-electron chi connectivity index (χ4n) is 3.40. The van der Waals surface area contributed by atoms with E-state index in [0.29, 0.717) is 28.3 Å². The van der Waals surface area contributed by atoms with Crippen LogP contribution in [0.1, 0.15) is 12.5 Å². The van der Waals surface area contributed by atoms with E-state index in [1.54, 1.807) is 48.3 Å². The second kappa shape index (κ2) is 9.04. The summed E-state index contributed by atoms with van der Waals surface area (Å²) in [7, 11) is 1.55. The van der Waals surface area contributed by atoms with Crippen molar-refractivity contribution >= 4 is 23.6 Å². The Bertz CT molecular complexity index is 1300. The topological polar surface area (TPSA) is 87.5 Å². The molecular formula is C25H19FN2O5. The highest BCUT2D eigenvalue weighted by molar-refractivity contribution is 6.25. The van der Waals surface area contributed by atoms with E-state index >= 15 is 0 Å². The van der Waals surface area contributed by atoms with Gasteiger partial charge < -0.3 is 9.47 Å². The van der Waals surface area contributed by atoms with Gasteiger partial charge in [-0.1, -0.05) is 12.1 Å². The van der Waals surface area contributed by atoms with Crippen LogP contribution in [0, 0.1) is 11.7 Å². The molecule has 1 aromatic heterocycles. The number of esters is 1. The second-order valence-electron chi connectivity index (χ2n) is 7.33. The third-order valence-electron chi connectivity index (χ3n) is 5.02. The maximum absolute atomic E-state index is 13.3. The van der Waals surface area contributed by atoms with Crippen molar-refractivity contribution in [2.24, 2.45) is 5.92 Å². The van der Waals surface area contributed by atoms with Gasteiger partial charge in [0.2, 0.25) is 0 Å². The van der Waals surface area contributed by atoms with E-state index in [1.807, 2.05) is 6.07 Å². The summed E-state index contributed by atoms with van der Waals surface area (Å²) in [5, 5.41) is 4.59. The predicted molar refractivity (Wildman–Crippen MR) is 118 cm³/mol. The molecule has 1 aliphatic rings. The number of carbonyl (C=O) groups is 3. The number of ketones is 2. The van der Waals surface area contributed by atoms with Crippen molar-refractivity contribution in [1.29, 1.82) is 0 Å². The van der Waals surface area contributed by atoms with Crippen LogP contribution in [0.15, 0.2) is 72.6 Å². The molecule has 0 fully saturated rings. The highest BCUT2D eigenvalue weighted by Gasteiger charge is 2.36. The van der Waals surface area contributed by atoms with Crippen LogP contribution in [0.4, 0.5) is 4.39 Å². The molecule has 2 heterocycles. The van der Waals surface area contributed by atoms with E-state index in [-0.39, 0.29) is 11.6 Å². The fraction of sp³-hybridized carbons (Fsp3) is 0.120. The maximum Gasteiger partial charge on any atom is 0.329 e. The molecule has 0 radical (unpaired) electrons. The first-order valence-electron chi connectivity index (χ1n) is 10.0. The van der Waals surface area contributed by atoms with E-state index in [2.05, 4.69) is 5.10 Å². The Labute approximate surface area is 188 Å². The van der Waals surface area contributed by atoms with Crippen molar-refractivity contribution in [3.63, 3.8) is 0 Å². The van der Waals surface area contributed by atoms with Crippen LogP contribution in [0.25, 0.3) is 23.0 Å². The number of hydrogen-bond acceptors (Lipinski definition) is 6. The average molecular weight is 446 g/mol. The summed E-state index contributed by atoms with van der Waals surface area (Å²) in [5.41, 5.74) is 2.40. The molecule has 0 aliphatic carbocycles. The maximum atomic E-state index is 13.3. The first kappa shape index (κ1) is 21.9. The van der Waals surface area contributed by atoms with Crippen molar-refractivity contribution in [1.82, 2.24) is 9.78 Å². The van der Waals surface area contributed by atoms with Gasteiger partial charge in [0.15, 0.2) is 17.5 Å². The Morgan fingerprint density at radius 3 is 2.64 bits per heavy atom. The van der Waals surface area contributed by atoms with Crippen LogP contribution in [-0.2, 0) is 19.1 Å². The molecule has 3 aromatic rings. The molecule has 0 bridgehead atoms. The zero-order chi connectivity index (χ0) is 23.5. The number of methoxy groups -OCH3 is 1. The van der Waals surface area contributed by atoms with Gasteiger partial charge >= 0.3 is 5.97 Å². The third-order valence-corrected chi connectivity index (χ3v) is 5.02. The van der Waals surface area contributed by atoms with Crippen LogP contribution >= 0.6 is 0 Å². The van der Waals surface area contributed by atoms with Crippen LogP contribution in [-0.4, -0.2) is 34.4 Å². The van der Waals surface area contributed by atoms with Gasteiger partial charge in [-0.15, -0.1) is 0 Å². The number of carbonyl (C=O) groups excluding carboxylic acids is 3. The molecule has 1 atom stereocenters. The lowest BCUT2D eigenvalue weighted by molar-refractivity contribution is -0.151. The monoisotopic (exact) mass is 446 g/mol. The minimum atomic E-state index is -1.53. The molecule has 1 aliphatic heterocycles. The van der Waals surface area contributed by atoms with Crippen molar-refractivity contribution in [2.75, 3.05) is 7.11 Å². The molecule has 4 rings (SSSR count). The highest BCUT2D eigenvalue weighted by Crippen LogP contribution is 2.28. The molecule has 2 aromatic carbocycles. The van der Waals surface area contributed by atoms with E-state index < -0.39 is 23.5 Å².